The third-order valence-corrected chi connectivity index (χ3v) is 2.94. The molecule has 0 radical (unpaired) electrons. The molecule has 4 nitrogen and oxygen atoms in total. The number of hydrogen-bond acceptors (Lipinski definition) is 3. The highest BCUT2D eigenvalue weighted by atomic mass is 19.4. The Bertz CT molecular complexity index is 500. The Balaban J connectivity index is 2.53. The van der Waals surface area contributed by atoms with Gasteiger partial charge in [0.15, 0.2) is 0 Å². The Morgan fingerprint density at radius 1 is 1.32 bits per heavy atom. The van der Waals surface area contributed by atoms with Crippen molar-refractivity contribution in [3.8, 4) is 0 Å². The lowest BCUT2D eigenvalue weighted by molar-refractivity contribution is -0.185. The Morgan fingerprint density at radius 3 is 2.36 bits per heavy atom. The molecule has 0 aliphatic heterocycles. The highest BCUT2D eigenvalue weighted by Crippen LogP contribution is 2.20. The van der Waals surface area contributed by atoms with E-state index in [0.717, 1.165) is 12.1 Å². The zero-order valence-electron chi connectivity index (χ0n) is 12.1. The van der Waals surface area contributed by atoms with Crippen LogP contribution >= 0.6 is 0 Å². The van der Waals surface area contributed by atoms with E-state index in [1.807, 2.05) is 0 Å². The molecule has 1 aromatic carbocycles. The standard InChI is InChI=1S/C14H17F4NO3/c1-9(22-8-14(16,17)18)12(20)19-7-13(2,21)10-3-5-11(15)6-4-10/h3-6,9,21H,7-8H2,1-2H3,(H,19,20). The van der Waals surface area contributed by atoms with Crippen molar-refractivity contribution in [2.45, 2.75) is 31.7 Å². The van der Waals surface area contributed by atoms with E-state index in [-0.39, 0.29) is 6.54 Å². The van der Waals surface area contributed by atoms with Gasteiger partial charge in [0.2, 0.25) is 5.91 Å². The van der Waals surface area contributed by atoms with Gasteiger partial charge in [0.25, 0.3) is 0 Å². The molecule has 1 aromatic rings. The number of benzene rings is 1. The molecule has 0 bridgehead atoms. The number of nitrogens with one attached hydrogen (secondary N) is 1. The van der Waals surface area contributed by atoms with Crippen LogP contribution < -0.4 is 5.32 Å². The zero-order chi connectivity index (χ0) is 17.0. The van der Waals surface area contributed by atoms with Crippen LogP contribution in [0.5, 0.6) is 0 Å². The minimum atomic E-state index is -4.52. The second kappa shape index (κ2) is 7.06. The number of alkyl halides is 3. The van der Waals surface area contributed by atoms with Crippen LogP contribution in [-0.2, 0) is 15.1 Å². The van der Waals surface area contributed by atoms with E-state index < -0.39 is 36.2 Å². The summed E-state index contributed by atoms with van der Waals surface area (Å²) >= 11 is 0. The van der Waals surface area contributed by atoms with Crippen LogP contribution in [0.3, 0.4) is 0 Å². The first-order valence-corrected chi connectivity index (χ1v) is 6.46. The molecule has 124 valence electrons. The van der Waals surface area contributed by atoms with Gasteiger partial charge in [-0.3, -0.25) is 4.79 Å². The van der Waals surface area contributed by atoms with Crippen molar-refractivity contribution in [2.24, 2.45) is 0 Å². The zero-order valence-corrected chi connectivity index (χ0v) is 12.1. The van der Waals surface area contributed by atoms with Crippen molar-refractivity contribution < 1.29 is 32.2 Å². The Kier molecular flexibility index (Phi) is 5.90. The van der Waals surface area contributed by atoms with Gasteiger partial charge in [-0.05, 0) is 31.5 Å². The third-order valence-electron chi connectivity index (χ3n) is 2.94. The number of carbonyl (C=O) groups excluding carboxylic acids is 1. The Morgan fingerprint density at radius 2 is 1.86 bits per heavy atom. The number of hydrogen-bond donors (Lipinski definition) is 2. The molecule has 1 amide bonds. The average molecular weight is 323 g/mol. The maximum absolute atomic E-state index is 12.8. The first-order valence-electron chi connectivity index (χ1n) is 6.46. The minimum Gasteiger partial charge on any atom is -0.384 e. The predicted octanol–water partition coefficient (Wildman–Crippen LogP) is 2.12. The van der Waals surface area contributed by atoms with Gasteiger partial charge in [-0.2, -0.15) is 13.2 Å². The van der Waals surface area contributed by atoms with E-state index in [9.17, 15) is 27.5 Å². The summed E-state index contributed by atoms with van der Waals surface area (Å²) in [5, 5.41) is 12.5. The molecule has 22 heavy (non-hydrogen) atoms. The molecular weight excluding hydrogens is 306 g/mol. The number of amides is 1. The normalized spacial score (nSPS) is 16.0. The van der Waals surface area contributed by atoms with E-state index in [1.54, 1.807) is 0 Å². The highest BCUT2D eigenvalue weighted by molar-refractivity contribution is 5.80. The number of halogens is 4. The van der Waals surface area contributed by atoms with Crippen molar-refractivity contribution in [3.63, 3.8) is 0 Å². The van der Waals surface area contributed by atoms with Gasteiger partial charge in [0.05, 0.1) is 6.54 Å². The second-order valence-electron chi connectivity index (χ2n) is 5.07. The third kappa shape index (κ3) is 5.98. The summed E-state index contributed by atoms with van der Waals surface area (Å²) in [5.41, 5.74) is -1.13. The quantitative estimate of drug-likeness (QED) is 0.789. The van der Waals surface area contributed by atoms with Crippen LogP contribution in [0, 0.1) is 5.82 Å². The van der Waals surface area contributed by atoms with Crippen molar-refractivity contribution in [2.75, 3.05) is 13.2 Å². The van der Waals surface area contributed by atoms with Crippen LogP contribution in [0.25, 0.3) is 0 Å². The van der Waals surface area contributed by atoms with Crippen molar-refractivity contribution in [3.05, 3.63) is 35.6 Å². The molecule has 0 aromatic heterocycles. The molecule has 2 N–H and O–H groups in total. The van der Waals surface area contributed by atoms with Gasteiger partial charge in [0, 0.05) is 0 Å². The summed E-state index contributed by atoms with van der Waals surface area (Å²) in [6, 6.07) is 5.01. The van der Waals surface area contributed by atoms with Crippen LogP contribution in [0.2, 0.25) is 0 Å². The van der Waals surface area contributed by atoms with E-state index in [0.29, 0.717) is 5.56 Å². The molecule has 8 heteroatoms. The lowest BCUT2D eigenvalue weighted by atomic mass is 9.96. The van der Waals surface area contributed by atoms with Crippen LogP contribution in [-0.4, -0.2) is 36.4 Å². The van der Waals surface area contributed by atoms with Crippen LogP contribution in [0.15, 0.2) is 24.3 Å². The molecule has 2 atom stereocenters. The maximum Gasteiger partial charge on any atom is 0.411 e. The molecule has 2 unspecified atom stereocenters. The van der Waals surface area contributed by atoms with E-state index in [4.69, 9.17) is 0 Å². The first-order chi connectivity index (χ1) is 10.0. The van der Waals surface area contributed by atoms with E-state index in [2.05, 4.69) is 10.1 Å². The van der Waals surface area contributed by atoms with Gasteiger partial charge in [-0.25, -0.2) is 4.39 Å². The molecule has 0 saturated carbocycles. The fraction of sp³-hybridized carbons (Fsp3) is 0.500. The summed E-state index contributed by atoms with van der Waals surface area (Å²) < 4.78 is 53.1. The van der Waals surface area contributed by atoms with Gasteiger partial charge >= 0.3 is 6.18 Å². The van der Waals surface area contributed by atoms with Crippen molar-refractivity contribution >= 4 is 5.91 Å². The largest absolute Gasteiger partial charge is 0.411 e. The van der Waals surface area contributed by atoms with Gasteiger partial charge in [-0.15, -0.1) is 0 Å². The van der Waals surface area contributed by atoms with Gasteiger partial charge in [-0.1, -0.05) is 12.1 Å². The molecular formula is C14H17F4NO3. The highest BCUT2D eigenvalue weighted by Gasteiger charge is 2.30. The minimum absolute atomic E-state index is 0.253. The predicted molar refractivity (Wildman–Crippen MR) is 70.4 cm³/mol. The Labute approximate surface area is 125 Å². The monoisotopic (exact) mass is 323 g/mol. The fourth-order valence-electron chi connectivity index (χ4n) is 1.61. The summed E-state index contributed by atoms with van der Waals surface area (Å²) in [4.78, 5) is 11.6. The fourth-order valence-corrected chi connectivity index (χ4v) is 1.61. The molecule has 0 fully saturated rings. The van der Waals surface area contributed by atoms with E-state index >= 15 is 0 Å². The van der Waals surface area contributed by atoms with Crippen molar-refractivity contribution in [1.29, 1.82) is 0 Å². The Hall–Kier alpha value is -1.67. The summed E-state index contributed by atoms with van der Waals surface area (Å²) in [7, 11) is 0. The number of ether oxygens (including phenoxy) is 1. The molecule has 0 heterocycles. The SMILES string of the molecule is CC(OCC(F)(F)F)C(=O)NCC(C)(O)c1ccc(F)cc1. The summed E-state index contributed by atoms with van der Waals surface area (Å²) in [6.07, 6.45) is -5.83. The lowest BCUT2D eigenvalue weighted by Gasteiger charge is -2.25. The van der Waals surface area contributed by atoms with E-state index in [1.165, 1.54) is 26.0 Å². The molecule has 1 rings (SSSR count). The van der Waals surface area contributed by atoms with Gasteiger partial charge in [0.1, 0.15) is 24.1 Å². The van der Waals surface area contributed by atoms with Crippen LogP contribution in [0.4, 0.5) is 17.6 Å². The lowest BCUT2D eigenvalue weighted by Crippen LogP contribution is -2.43. The molecule has 0 saturated heterocycles. The van der Waals surface area contributed by atoms with Crippen molar-refractivity contribution in [1.82, 2.24) is 5.32 Å². The number of aliphatic hydroxyl groups is 1. The van der Waals surface area contributed by atoms with Crippen LogP contribution in [0.1, 0.15) is 19.4 Å². The number of carbonyl (C=O) groups is 1. The maximum atomic E-state index is 12.8. The first kappa shape index (κ1) is 18.4. The average Bonchev–Trinajstić information content (AvgIpc) is 2.42. The second-order valence-corrected chi connectivity index (χ2v) is 5.07. The smallest absolute Gasteiger partial charge is 0.384 e. The number of rotatable bonds is 6. The topological polar surface area (TPSA) is 58.6 Å². The molecule has 0 aliphatic carbocycles. The van der Waals surface area contributed by atoms with Gasteiger partial charge < -0.3 is 15.2 Å². The summed E-state index contributed by atoms with van der Waals surface area (Å²) in [6.45, 7) is 0.780. The summed E-state index contributed by atoms with van der Waals surface area (Å²) in [5.74, 6) is -1.26. The molecule has 0 spiro atoms. The molecule has 0 aliphatic rings.